The number of methoxy groups -OCH3 is 1. The number of hydrogen-bond donors (Lipinski definition) is 1. The van der Waals surface area contributed by atoms with Gasteiger partial charge in [-0.3, -0.25) is 4.79 Å². The molecule has 0 amide bonds. The molecule has 1 aliphatic rings. The van der Waals surface area contributed by atoms with Crippen LogP contribution in [0.1, 0.15) is 18.4 Å². The maximum atomic E-state index is 12.6. The highest BCUT2D eigenvalue weighted by Gasteiger charge is 2.39. The minimum atomic E-state index is -3.79. The number of benzene rings is 1. The van der Waals surface area contributed by atoms with Crippen LogP contribution in [-0.2, 0) is 14.8 Å². The minimum absolute atomic E-state index is 0.131. The SMILES string of the molecule is COc1ccc(S(=O)(=O)N2CCCC2C(=O)O)c(C)c1. The minimum Gasteiger partial charge on any atom is -0.497 e. The van der Waals surface area contributed by atoms with Crippen molar-refractivity contribution in [2.75, 3.05) is 13.7 Å². The molecule has 2 rings (SSSR count). The summed E-state index contributed by atoms with van der Waals surface area (Å²) in [5.41, 5.74) is 0.542. The molecule has 20 heavy (non-hydrogen) atoms. The Labute approximate surface area is 118 Å². The predicted molar refractivity (Wildman–Crippen MR) is 72.3 cm³/mol. The zero-order valence-electron chi connectivity index (χ0n) is 11.4. The van der Waals surface area contributed by atoms with E-state index in [0.29, 0.717) is 24.2 Å². The summed E-state index contributed by atoms with van der Waals surface area (Å²) in [7, 11) is -2.29. The highest BCUT2D eigenvalue weighted by atomic mass is 32.2. The van der Waals surface area contributed by atoms with Crippen molar-refractivity contribution in [2.24, 2.45) is 0 Å². The maximum Gasteiger partial charge on any atom is 0.322 e. The van der Waals surface area contributed by atoms with Crippen molar-refractivity contribution >= 4 is 16.0 Å². The molecule has 1 saturated heterocycles. The summed E-state index contributed by atoms with van der Waals surface area (Å²) in [5, 5.41) is 9.12. The third-order valence-electron chi connectivity index (χ3n) is 3.46. The number of aliphatic carboxylic acids is 1. The third kappa shape index (κ3) is 2.51. The van der Waals surface area contributed by atoms with Gasteiger partial charge in [0.15, 0.2) is 0 Å². The van der Waals surface area contributed by atoms with E-state index in [1.807, 2.05) is 0 Å². The zero-order chi connectivity index (χ0) is 14.9. The van der Waals surface area contributed by atoms with Gasteiger partial charge in [-0.15, -0.1) is 0 Å². The van der Waals surface area contributed by atoms with E-state index in [1.54, 1.807) is 19.1 Å². The average molecular weight is 299 g/mol. The number of ether oxygens (including phenoxy) is 1. The van der Waals surface area contributed by atoms with E-state index in [1.165, 1.54) is 13.2 Å². The molecule has 7 heteroatoms. The fourth-order valence-corrected chi connectivity index (χ4v) is 4.30. The fraction of sp³-hybridized carbons (Fsp3) is 0.462. The Kier molecular flexibility index (Phi) is 4.01. The first-order valence-electron chi connectivity index (χ1n) is 6.27. The van der Waals surface area contributed by atoms with Crippen LogP contribution in [0.5, 0.6) is 5.75 Å². The van der Waals surface area contributed by atoms with Crippen molar-refractivity contribution in [3.63, 3.8) is 0 Å². The number of carboxylic acids is 1. The summed E-state index contributed by atoms with van der Waals surface area (Å²) in [4.78, 5) is 11.3. The molecule has 0 aromatic heterocycles. The van der Waals surface area contributed by atoms with Gasteiger partial charge in [-0.25, -0.2) is 8.42 Å². The summed E-state index contributed by atoms with van der Waals surface area (Å²) in [6.45, 7) is 1.91. The first kappa shape index (κ1) is 14.8. The van der Waals surface area contributed by atoms with Crippen LogP contribution in [0.3, 0.4) is 0 Å². The Hall–Kier alpha value is -1.60. The number of rotatable bonds is 4. The van der Waals surface area contributed by atoms with Crippen LogP contribution in [-0.4, -0.2) is 43.5 Å². The predicted octanol–water partition coefficient (Wildman–Crippen LogP) is 1.24. The Balaban J connectivity index is 2.42. The molecule has 0 saturated carbocycles. The number of hydrogen-bond acceptors (Lipinski definition) is 4. The molecule has 1 N–H and O–H groups in total. The lowest BCUT2D eigenvalue weighted by Crippen LogP contribution is -2.40. The van der Waals surface area contributed by atoms with Crippen LogP contribution in [0.25, 0.3) is 0 Å². The Morgan fingerprint density at radius 2 is 2.15 bits per heavy atom. The summed E-state index contributed by atoms with van der Waals surface area (Å²) >= 11 is 0. The average Bonchev–Trinajstić information content (AvgIpc) is 2.88. The van der Waals surface area contributed by atoms with Gasteiger partial charge in [-0.1, -0.05) is 0 Å². The van der Waals surface area contributed by atoms with E-state index in [4.69, 9.17) is 9.84 Å². The monoisotopic (exact) mass is 299 g/mol. The van der Waals surface area contributed by atoms with Crippen molar-refractivity contribution < 1.29 is 23.1 Å². The maximum absolute atomic E-state index is 12.6. The molecule has 1 fully saturated rings. The smallest absolute Gasteiger partial charge is 0.322 e. The number of nitrogens with zero attached hydrogens (tertiary/aromatic N) is 1. The van der Waals surface area contributed by atoms with Crippen LogP contribution >= 0.6 is 0 Å². The van der Waals surface area contributed by atoms with Crippen LogP contribution < -0.4 is 4.74 Å². The molecule has 1 aromatic carbocycles. The molecular weight excluding hydrogens is 282 g/mol. The van der Waals surface area contributed by atoms with E-state index in [2.05, 4.69) is 0 Å². The highest BCUT2D eigenvalue weighted by molar-refractivity contribution is 7.89. The van der Waals surface area contributed by atoms with Gasteiger partial charge in [-0.2, -0.15) is 4.31 Å². The standard InChI is InChI=1S/C13H17NO5S/c1-9-8-10(19-2)5-6-12(9)20(17,18)14-7-3-4-11(14)13(15)16/h5-6,8,11H,3-4,7H2,1-2H3,(H,15,16). The molecular formula is C13H17NO5S. The van der Waals surface area contributed by atoms with E-state index in [-0.39, 0.29) is 11.4 Å². The second-order valence-electron chi connectivity index (χ2n) is 4.74. The molecule has 1 atom stereocenters. The van der Waals surface area contributed by atoms with Gasteiger partial charge in [-0.05, 0) is 43.5 Å². The molecule has 0 spiro atoms. The van der Waals surface area contributed by atoms with Crippen molar-refractivity contribution in [3.05, 3.63) is 23.8 Å². The molecule has 0 radical (unpaired) electrons. The Bertz CT molecular complexity index is 626. The van der Waals surface area contributed by atoms with Gasteiger partial charge in [0, 0.05) is 6.54 Å². The number of sulfonamides is 1. The lowest BCUT2D eigenvalue weighted by atomic mass is 10.2. The molecule has 1 aliphatic heterocycles. The largest absolute Gasteiger partial charge is 0.497 e. The lowest BCUT2D eigenvalue weighted by molar-refractivity contribution is -0.140. The molecule has 1 aromatic rings. The normalized spacial score (nSPS) is 20.0. The molecule has 1 heterocycles. The summed E-state index contributed by atoms with van der Waals surface area (Å²) in [6, 6.07) is 3.67. The first-order valence-corrected chi connectivity index (χ1v) is 7.71. The summed E-state index contributed by atoms with van der Waals surface area (Å²) in [6.07, 6.45) is 0.912. The first-order chi connectivity index (χ1) is 9.37. The number of carbonyl (C=O) groups is 1. The highest BCUT2D eigenvalue weighted by Crippen LogP contribution is 2.29. The van der Waals surface area contributed by atoms with Gasteiger partial charge in [0.25, 0.3) is 0 Å². The zero-order valence-corrected chi connectivity index (χ0v) is 12.2. The van der Waals surface area contributed by atoms with E-state index in [0.717, 1.165) is 4.31 Å². The summed E-state index contributed by atoms with van der Waals surface area (Å²) in [5.74, 6) is -0.533. The van der Waals surface area contributed by atoms with Gasteiger partial charge in [0.1, 0.15) is 11.8 Å². The van der Waals surface area contributed by atoms with Crippen molar-refractivity contribution in [1.29, 1.82) is 0 Å². The van der Waals surface area contributed by atoms with Crippen LogP contribution in [0.15, 0.2) is 23.1 Å². The lowest BCUT2D eigenvalue weighted by Gasteiger charge is -2.22. The van der Waals surface area contributed by atoms with Gasteiger partial charge in [0.05, 0.1) is 12.0 Å². The van der Waals surface area contributed by atoms with Crippen molar-refractivity contribution in [2.45, 2.75) is 30.7 Å². The topological polar surface area (TPSA) is 83.9 Å². The fourth-order valence-electron chi connectivity index (χ4n) is 2.44. The summed E-state index contributed by atoms with van der Waals surface area (Å²) < 4.78 is 31.3. The van der Waals surface area contributed by atoms with E-state index in [9.17, 15) is 13.2 Å². The second kappa shape index (κ2) is 5.41. The Morgan fingerprint density at radius 1 is 1.45 bits per heavy atom. The number of aryl methyl sites for hydroxylation is 1. The van der Waals surface area contributed by atoms with Crippen molar-refractivity contribution in [3.8, 4) is 5.75 Å². The molecule has 6 nitrogen and oxygen atoms in total. The molecule has 0 bridgehead atoms. The van der Waals surface area contributed by atoms with Gasteiger partial charge in [0.2, 0.25) is 10.0 Å². The van der Waals surface area contributed by atoms with E-state index < -0.39 is 22.0 Å². The quantitative estimate of drug-likeness (QED) is 0.904. The molecule has 110 valence electrons. The Morgan fingerprint density at radius 3 is 2.70 bits per heavy atom. The van der Waals surface area contributed by atoms with Crippen molar-refractivity contribution in [1.82, 2.24) is 4.31 Å². The van der Waals surface area contributed by atoms with E-state index >= 15 is 0 Å². The second-order valence-corrected chi connectivity index (χ2v) is 6.60. The van der Waals surface area contributed by atoms with Gasteiger partial charge < -0.3 is 9.84 Å². The third-order valence-corrected chi connectivity index (χ3v) is 5.53. The molecule has 1 unspecified atom stereocenters. The van der Waals surface area contributed by atoms with Gasteiger partial charge >= 0.3 is 5.97 Å². The molecule has 0 aliphatic carbocycles. The van der Waals surface area contributed by atoms with Crippen LogP contribution in [0.4, 0.5) is 0 Å². The number of carboxylic acid groups (broad SMARTS) is 1. The van der Waals surface area contributed by atoms with Crippen LogP contribution in [0.2, 0.25) is 0 Å². The van der Waals surface area contributed by atoms with Crippen LogP contribution in [0, 0.1) is 6.92 Å².